The van der Waals surface area contributed by atoms with E-state index in [4.69, 9.17) is 0 Å². The van der Waals surface area contributed by atoms with Gasteiger partial charge in [-0.3, -0.25) is 14.4 Å². The maximum absolute atomic E-state index is 12.8. The zero-order chi connectivity index (χ0) is 19.2. The zero-order valence-corrected chi connectivity index (χ0v) is 16.0. The minimum absolute atomic E-state index is 0.0546. The molecular weight excluding hydrogens is 342 g/mol. The summed E-state index contributed by atoms with van der Waals surface area (Å²) in [6.07, 6.45) is 3.28. The zero-order valence-electron chi connectivity index (χ0n) is 16.0. The summed E-state index contributed by atoms with van der Waals surface area (Å²) in [5.74, 6) is -0.0103. The Morgan fingerprint density at radius 1 is 1.15 bits per heavy atom. The van der Waals surface area contributed by atoms with E-state index >= 15 is 0 Å². The van der Waals surface area contributed by atoms with Crippen LogP contribution in [0.1, 0.15) is 44.6 Å². The lowest BCUT2D eigenvalue weighted by molar-refractivity contribution is -0.137. The molecule has 0 bridgehead atoms. The van der Waals surface area contributed by atoms with Crippen molar-refractivity contribution in [1.29, 1.82) is 0 Å². The molecule has 2 aliphatic rings. The number of amides is 3. The molecule has 27 heavy (non-hydrogen) atoms. The lowest BCUT2D eigenvalue weighted by Gasteiger charge is -2.33. The molecule has 1 atom stereocenters. The van der Waals surface area contributed by atoms with E-state index < -0.39 is 0 Å². The Balaban J connectivity index is 1.47. The Labute approximate surface area is 160 Å². The van der Waals surface area contributed by atoms with E-state index in [9.17, 15) is 14.4 Å². The van der Waals surface area contributed by atoms with Gasteiger partial charge in [-0.05, 0) is 24.8 Å². The Morgan fingerprint density at radius 3 is 2.52 bits per heavy atom. The van der Waals surface area contributed by atoms with Gasteiger partial charge in [-0.2, -0.15) is 0 Å². The summed E-state index contributed by atoms with van der Waals surface area (Å²) in [6, 6.07) is 10.0. The van der Waals surface area contributed by atoms with Crippen molar-refractivity contribution in [2.75, 3.05) is 19.6 Å². The van der Waals surface area contributed by atoms with Crippen LogP contribution in [0.3, 0.4) is 0 Å². The van der Waals surface area contributed by atoms with Crippen LogP contribution < -0.4 is 5.32 Å². The Bertz CT molecular complexity index is 669. The van der Waals surface area contributed by atoms with Crippen LogP contribution in [0.2, 0.25) is 0 Å². The molecular formula is C21H29N3O3. The van der Waals surface area contributed by atoms with E-state index in [1.54, 1.807) is 4.90 Å². The molecule has 0 radical (unpaired) electrons. The number of nitrogens with zero attached hydrogens (tertiary/aromatic N) is 2. The SMILES string of the molecule is CCCC(=O)NC1CCN(C(=O)C2CC(=O)N(Cc3ccccc3)C2)CC1. The maximum atomic E-state index is 12.8. The first-order valence-electron chi connectivity index (χ1n) is 9.96. The average molecular weight is 371 g/mol. The van der Waals surface area contributed by atoms with E-state index in [0.29, 0.717) is 39.0 Å². The lowest BCUT2D eigenvalue weighted by Crippen LogP contribution is -2.48. The number of likely N-dealkylation sites (tertiary alicyclic amines) is 2. The topological polar surface area (TPSA) is 69.7 Å². The van der Waals surface area contributed by atoms with Gasteiger partial charge in [-0.1, -0.05) is 37.3 Å². The number of hydrogen-bond acceptors (Lipinski definition) is 3. The molecule has 146 valence electrons. The van der Waals surface area contributed by atoms with Crippen LogP contribution in [0.25, 0.3) is 0 Å². The van der Waals surface area contributed by atoms with Gasteiger partial charge >= 0.3 is 0 Å². The van der Waals surface area contributed by atoms with E-state index in [1.165, 1.54) is 0 Å². The van der Waals surface area contributed by atoms with E-state index in [1.807, 2.05) is 42.2 Å². The molecule has 3 rings (SSSR count). The van der Waals surface area contributed by atoms with Crippen molar-refractivity contribution in [3.63, 3.8) is 0 Å². The minimum Gasteiger partial charge on any atom is -0.353 e. The van der Waals surface area contributed by atoms with Gasteiger partial charge in [0.15, 0.2) is 0 Å². The van der Waals surface area contributed by atoms with Gasteiger partial charge in [0.25, 0.3) is 0 Å². The third kappa shape index (κ3) is 5.08. The van der Waals surface area contributed by atoms with Crippen LogP contribution >= 0.6 is 0 Å². The molecule has 1 N–H and O–H groups in total. The first-order chi connectivity index (χ1) is 13.1. The molecule has 0 spiro atoms. The highest BCUT2D eigenvalue weighted by Crippen LogP contribution is 2.24. The molecule has 3 amide bonds. The fourth-order valence-electron chi connectivity index (χ4n) is 3.92. The highest BCUT2D eigenvalue weighted by atomic mass is 16.2. The smallest absolute Gasteiger partial charge is 0.227 e. The van der Waals surface area contributed by atoms with E-state index in [-0.39, 0.29) is 29.7 Å². The Hall–Kier alpha value is -2.37. The molecule has 2 fully saturated rings. The Morgan fingerprint density at radius 2 is 1.85 bits per heavy atom. The lowest BCUT2D eigenvalue weighted by atomic mass is 10.0. The van der Waals surface area contributed by atoms with Crippen molar-refractivity contribution in [3.05, 3.63) is 35.9 Å². The van der Waals surface area contributed by atoms with Crippen LogP contribution in [0.4, 0.5) is 0 Å². The second-order valence-electron chi connectivity index (χ2n) is 7.58. The van der Waals surface area contributed by atoms with Crippen LogP contribution in [-0.4, -0.2) is 53.2 Å². The molecule has 1 unspecified atom stereocenters. The van der Waals surface area contributed by atoms with Gasteiger partial charge in [-0.15, -0.1) is 0 Å². The van der Waals surface area contributed by atoms with Gasteiger partial charge in [0, 0.05) is 45.1 Å². The summed E-state index contributed by atoms with van der Waals surface area (Å²) in [7, 11) is 0. The molecule has 0 aromatic heterocycles. The number of piperidine rings is 1. The summed E-state index contributed by atoms with van der Waals surface area (Å²) in [4.78, 5) is 40.5. The molecule has 6 nitrogen and oxygen atoms in total. The third-order valence-corrected chi connectivity index (χ3v) is 5.43. The molecule has 1 aromatic rings. The molecule has 0 aliphatic carbocycles. The second-order valence-corrected chi connectivity index (χ2v) is 7.58. The van der Waals surface area contributed by atoms with E-state index in [0.717, 1.165) is 24.8 Å². The average Bonchev–Trinajstić information content (AvgIpc) is 3.03. The fraction of sp³-hybridized carbons (Fsp3) is 0.571. The summed E-state index contributed by atoms with van der Waals surface area (Å²) in [6.45, 7) is 4.36. The standard InChI is InChI=1S/C21H29N3O3/c1-2-6-19(25)22-18-9-11-23(12-10-18)21(27)17-13-20(26)24(15-17)14-16-7-4-3-5-8-16/h3-5,7-8,17-18H,2,6,9-15H2,1H3,(H,22,25). The summed E-state index contributed by atoms with van der Waals surface area (Å²) < 4.78 is 0. The summed E-state index contributed by atoms with van der Waals surface area (Å²) in [5, 5.41) is 3.05. The summed E-state index contributed by atoms with van der Waals surface area (Å²) >= 11 is 0. The molecule has 1 aromatic carbocycles. The second kappa shape index (κ2) is 9.02. The van der Waals surface area contributed by atoms with Gasteiger partial charge in [0.1, 0.15) is 0 Å². The van der Waals surface area contributed by atoms with Crippen molar-refractivity contribution in [2.24, 2.45) is 5.92 Å². The minimum atomic E-state index is -0.243. The van der Waals surface area contributed by atoms with Crippen LogP contribution in [0.5, 0.6) is 0 Å². The number of nitrogens with one attached hydrogen (secondary N) is 1. The number of benzene rings is 1. The Kier molecular flexibility index (Phi) is 6.48. The maximum Gasteiger partial charge on any atom is 0.227 e. The number of carbonyl (C=O) groups is 3. The number of hydrogen-bond donors (Lipinski definition) is 1. The van der Waals surface area contributed by atoms with Gasteiger partial charge < -0.3 is 15.1 Å². The van der Waals surface area contributed by atoms with Crippen LogP contribution in [-0.2, 0) is 20.9 Å². The van der Waals surface area contributed by atoms with Gasteiger partial charge in [0.05, 0.1) is 5.92 Å². The van der Waals surface area contributed by atoms with Crippen LogP contribution in [0, 0.1) is 5.92 Å². The molecule has 0 saturated carbocycles. The third-order valence-electron chi connectivity index (χ3n) is 5.43. The van der Waals surface area contributed by atoms with Crippen molar-refractivity contribution in [1.82, 2.24) is 15.1 Å². The highest BCUT2D eigenvalue weighted by molar-refractivity contribution is 5.89. The van der Waals surface area contributed by atoms with Crippen molar-refractivity contribution >= 4 is 17.7 Å². The number of rotatable bonds is 6. The molecule has 6 heteroatoms. The van der Waals surface area contributed by atoms with Gasteiger partial charge in [0.2, 0.25) is 17.7 Å². The largest absolute Gasteiger partial charge is 0.353 e. The fourth-order valence-corrected chi connectivity index (χ4v) is 3.92. The monoisotopic (exact) mass is 371 g/mol. The van der Waals surface area contributed by atoms with Crippen molar-refractivity contribution < 1.29 is 14.4 Å². The van der Waals surface area contributed by atoms with Crippen molar-refractivity contribution in [3.8, 4) is 0 Å². The van der Waals surface area contributed by atoms with Crippen LogP contribution in [0.15, 0.2) is 30.3 Å². The highest BCUT2D eigenvalue weighted by Gasteiger charge is 2.37. The molecule has 2 saturated heterocycles. The first kappa shape index (κ1) is 19.4. The number of carbonyl (C=O) groups excluding carboxylic acids is 3. The summed E-state index contributed by atoms with van der Waals surface area (Å²) in [5.41, 5.74) is 1.09. The quantitative estimate of drug-likeness (QED) is 0.831. The first-order valence-corrected chi connectivity index (χ1v) is 9.96. The normalized spacial score (nSPS) is 20.8. The predicted molar refractivity (Wildman–Crippen MR) is 103 cm³/mol. The van der Waals surface area contributed by atoms with E-state index in [2.05, 4.69) is 5.32 Å². The molecule has 2 aliphatic heterocycles. The molecule has 2 heterocycles. The predicted octanol–water partition coefficient (Wildman–Crippen LogP) is 1.94. The van der Waals surface area contributed by atoms with Gasteiger partial charge in [-0.25, -0.2) is 0 Å². The van der Waals surface area contributed by atoms with Crippen molar-refractivity contribution in [2.45, 2.75) is 51.6 Å².